The number of fused-ring (bicyclic) bond motifs is 1. The van der Waals surface area contributed by atoms with Gasteiger partial charge >= 0.3 is 0 Å². The highest BCUT2D eigenvalue weighted by atomic mass is 32.1. The van der Waals surface area contributed by atoms with Gasteiger partial charge in [0.15, 0.2) is 5.82 Å². The minimum absolute atomic E-state index is 0.259. The summed E-state index contributed by atoms with van der Waals surface area (Å²) in [4.78, 5) is 8.26. The van der Waals surface area contributed by atoms with E-state index in [1.165, 1.54) is 4.88 Å². The normalized spacial score (nSPS) is 29.9. The quantitative estimate of drug-likeness (QED) is 0.866. The minimum atomic E-state index is 0.259. The molecule has 2 aromatic rings. The summed E-state index contributed by atoms with van der Waals surface area (Å²) < 4.78 is 11.3. The Kier molecular flexibility index (Phi) is 3.09. The monoisotopic (exact) mass is 291 g/mol. The molecule has 0 spiro atoms. The van der Waals surface area contributed by atoms with Crippen LogP contribution < -0.4 is 0 Å². The Labute approximate surface area is 121 Å². The van der Waals surface area contributed by atoms with Crippen molar-refractivity contribution in [2.75, 3.05) is 19.7 Å². The second-order valence-electron chi connectivity index (χ2n) is 5.60. The van der Waals surface area contributed by atoms with Crippen molar-refractivity contribution in [1.29, 1.82) is 0 Å². The fraction of sp³-hybridized carbons (Fsp3) is 0.571. The molecule has 2 aliphatic rings. The van der Waals surface area contributed by atoms with Gasteiger partial charge in [-0.1, -0.05) is 11.2 Å². The van der Waals surface area contributed by atoms with Gasteiger partial charge < -0.3 is 9.26 Å². The highest BCUT2D eigenvalue weighted by molar-refractivity contribution is 7.09. The number of aromatic nitrogens is 2. The summed E-state index contributed by atoms with van der Waals surface area (Å²) in [6.45, 7) is 5.65. The predicted octanol–water partition coefficient (Wildman–Crippen LogP) is 2.05. The smallest absolute Gasteiger partial charge is 0.232 e. The van der Waals surface area contributed by atoms with Crippen molar-refractivity contribution in [3.05, 3.63) is 34.1 Å². The summed E-state index contributed by atoms with van der Waals surface area (Å²) in [6, 6.07) is 4.30. The summed E-state index contributed by atoms with van der Waals surface area (Å²) in [5, 5.41) is 6.03. The number of hydrogen-bond donors (Lipinski definition) is 0. The Morgan fingerprint density at radius 1 is 1.45 bits per heavy atom. The molecule has 6 heteroatoms. The molecule has 4 heterocycles. The Hall–Kier alpha value is -1.24. The zero-order valence-corrected chi connectivity index (χ0v) is 12.2. The standard InChI is InChI=1S/C14H17N3O2S/c1-9-15-14(19-16-9)12-8-18-13-7-17(6-11(12)13)5-10-3-2-4-20-10/h2-4,11-13H,5-8H2,1H3/t11-,12+,13-/m1/s1. The van der Waals surface area contributed by atoms with E-state index in [1.807, 2.05) is 18.3 Å². The molecule has 0 aromatic carbocycles. The number of aryl methyl sites for hydroxylation is 1. The largest absolute Gasteiger partial charge is 0.376 e. The van der Waals surface area contributed by atoms with Crippen molar-refractivity contribution in [2.45, 2.75) is 25.5 Å². The van der Waals surface area contributed by atoms with Crippen molar-refractivity contribution >= 4 is 11.3 Å². The Morgan fingerprint density at radius 3 is 3.15 bits per heavy atom. The van der Waals surface area contributed by atoms with Crippen molar-refractivity contribution in [2.24, 2.45) is 5.92 Å². The molecule has 106 valence electrons. The van der Waals surface area contributed by atoms with Crippen LogP contribution in [0.2, 0.25) is 0 Å². The molecule has 3 atom stereocenters. The topological polar surface area (TPSA) is 51.4 Å². The molecule has 2 fully saturated rings. The van der Waals surface area contributed by atoms with E-state index in [1.54, 1.807) is 0 Å². The Bertz CT molecular complexity index is 583. The van der Waals surface area contributed by atoms with E-state index in [-0.39, 0.29) is 5.92 Å². The van der Waals surface area contributed by atoms with Gasteiger partial charge in [-0.3, -0.25) is 4.90 Å². The molecule has 0 amide bonds. The van der Waals surface area contributed by atoms with E-state index in [0.717, 1.165) is 25.5 Å². The van der Waals surface area contributed by atoms with Crippen molar-refractivity contribution in [1.82, 2.24) is 15.0 Å². The average molecular weight is 291 g/mol. The third-order valence-corrected chi connectivity index (χ3v) is 5.07. The van der Waals surface area contributed by atoms with Gasteiger partial charge in [-0.15, -0.1) is 11.3 Å². The van der Waals surface area contributed by atoms with Crippen LogP contribution in [0.1, 0.15) is 22.5 Å². The minimum Gasteiger partial charge on any atom is -0.376 e. The maximum absolute atomic E-state index is 5.94. The lowest BCUT2D eigenvalue weighted by Gasteiger charge is -2.17. The van der Waals surface area contributed by atoms with E-state index >= 15 is 0 Å². The molecule has 0 N–H and O–H groups in total. The summed E-state index contributed by atoms with van der Waals surface area (Å²) >= 11 is 1.82. The molecular weight excluding hydrogens is 274 g/mol. The van der Waals surface area contributed by atoms with E-state index < -0.39 is 0 Å². The first-order valence-electron chi connectivity index (χ1n) is 6.96. The Balaban J connectivity index is 1.46. The predicted molar refractivity (Wildman–Crippen MR) is 74.6 cm³/mol. The zero-order valence-electron chi connectivity index (χ0n) is 11.4. The lowest BCUT2D eigenvalue weighted by atomic mass is 9.93. The fourth-order valence-corrected chi connectivity index (χ4v) is 4.01. The maximum Gasteiger partial charge on any atom is 0.232 e. The molecule has 4 rings (SSSR count). The molecule has 0 bridgehead atoms. The van der Waals surface area contributed by atoms with Crippen LogP contribution in [0.25, 0.3) is 0 Å². The SMILES string of the molecule is Cc1noc([C@H]2CO[C@@H]3CN(Cc4cccs4)C[C@H]23)n1. The summed E-state index contributed by atoms with van der Waals surface area (Å²) in [5.41, 5.74) is 0. The molecule has 20 heavy (non-hydrogen) atoms. The van der Waals surface area contributed by atoms with Gasteiger partial charge in [-0.25, -0.2) is 0 Å². The molecule has 2 saturated heterocycles. The third-order valence-electron chi connectivity index (χ3n) is 4.21. The third kappa shape index (κ3) is 2.17. The number of likely N-dealkylation sites (tertiary alicyclic amines) is 1. The summed E-state index contributed by atoms with van der Waals surface area (Å²) in [5.74, 6) is 2.19. The van der Waals surface area contributed by atoms with Crippen LogP contribution in [0.3, 0.4) is 0 Å². The average Bonchev–Trinajstić information content (AvgIpc) is 3.13. The van der Waals surface area contributed by atoms with E-state index in [2.05, 4.69) is 32.6 Å². The van der Waals surface area contributed by atoms with Gasteiger partial charge in [0, 0.05) is 30.4 Å². The van der Waals surface area contributed by atoms with E-state index in [0.29, 0.717) is 24.5 Å². The second kappa shape index (κ2) is 4.95. The molecule has 2 aromatic heterocycles. The van der Waals surface area contributed by atoms with Crippen LogP contribution >= 0.6 is 11.3 Å². The molecule has 0 unspecified atom stereocenters. The van der Waals surface area contributed by atoms with Crippen LogP contribution in [-0.2, 0) is 11.3 Å². The summed E-state index contributed by atoms with van der Waals surface area (Å²) in [7, 11) is 0. The molecule has 0 saturated carbocycles. The fourth-order valence-electron chi connectivity index (χ4n) is 3.26. The molecular formula is C14H17N3O2S. The van der Waals surface area contributed by atoms with Crippen molar-refractivity contribution < 1.29 is 9.26 Å². The van der Waals surface area contributed by atoms with Gasteiger partial charge in [-0.05, 0) is 18.4 Å². The van der Waals surface area contributed by atoms with Gasteiger partial charge in [-0.2, -0.15) is 4.98 Å². The van der Waals surface area contributed by atoms with Gasteiger partial charge in [0.2, 0.25) is 5.89 Å². The first-order valence-corrected chi connectivity index (χ1v) is 7.84. The zero-order chi connectivity index (χ0) is 13.5. The van der Waals surface area contributed by atoms with Crippen LogP contribution in [0.5, 0.6) is 0 Å². The molecule has 0 aliphatic carbocycles. The number of rotatable bonds is 3. The van der Waals surface area contributed by atoms with E-state index in [4.69, 9.17) is 9.26 Å². The lowest BCUT2D eigenvalue weighted by molar-refractivity contribution is 0.0959. The van der Waals surface area contributed by atoms with Crippen LogP contribution in [-0.4, -0.2) is 40.8 Å². The highest BCUT2D eigenvalue weighted by Gasteiger charge is 2.46. The van der Waals surface area contributed by atoms with Crippen LogP contribution in [0.15, 0.2) is 22.0 Å². The highest BCUT2D eigenvalue weighted by Crippen LogP contribution is 2.39. The number of hydrogen-bond acceptors (Lipinski definition) is 6. The van der Waals surface area contributed by atoms with E-state index in [9.17, 15) is 0 Å². The van der Waals surface area contributed by atoms with Crippen LogP contribution in [0.4, 0.5) is 0 Å². The van der Waals surface area contributed by atoms with Crippen LogP contribution in [0, 0.1) is 12.8 Å². The first kappa shape index (κ1) is 12.5. The summed E-state index contributed by atoms with van der Waals surface area (Å²) in [6.07, 6.45) is 0.312. The second-order valence-corrected chi connectivity index (χ2v) is 6.63. The van der Waals surface area contributed by atoms with Gasteiger partial charge in [0.1, 0.15) is 0 Å². The van der Waals surface area contributed by atoms with Gasteiger partial charge in [0.25, 0.3) is 0 Å². The van der Waals surface area contributed by atoms with Crippen molar-refractivity contribution in [3.63, 3.8) is 0 Å². The maximum atomic E-state index is 5.94. The number of thiophene rings is 1. The molecule has 2 aliphatic heterocycles. The van der Waals surface area contributed by atoms with Gasteiger partial charge in [0.05, 0.1) is 18.6 Å². The number of nitrogens with zero attached hydrogens (tertiary/aromatic N) is 3. The lowest BCUT2D eigenvalue weighted by Crippen LogP contribution is -2.23. The molecule has 5 nitrogen and oxygen atoms in total. The first-order chi connectivity index (χ1) is 9.79. The number of ether oxygens (including phenoxy) is 1. The van der Waals surface area contributed by atoms with Crippen molar-refractivity contribution in [3.8, 4) is 0 Å². The Morgan fingerprint density at radius 2 is 2.40 bits per heavy atom. The molecule has 0 radical (unpaired) electrons.